The Hall–Kier alpha value is -1.61. The van der Waals surface area contributed by atoms with Crippen molar-refractivity contribution >= 4 is 0 Å². The summed E-state index contributed by atoms with van der Waals surface area (Å²) >= 11 is 0. The topological polar surface area (TPSA) is 25.2 Å². The van der Waals surface area contributed by atoms with Crippen LogP contribution in [0.2, 0.25) is 0 Å². The second-order valence-electron chi connectivity index (χ2n) is 4.39. The fraction of sp³-hybridized carbons (Fsp3) is 0.333. The molecule has 0 saturated heterocycles. The molecule has 0 aliphatic heterocycles. The molecular formula is C15H18FNO. The van der Waals surface area contributed by atoms with Gasteiger partial charge in [-0.3, -0.25) is 0 Å². The van der Waals surface area contributed by atoms with Crippen LogP contribution < -0.4 is 5.32 Å². The van der Waals surface area contributed by atoms with Gasteiger partial charge >= 0.3 is 0 Å². The molecule has 0 radical (unpaired) electrons. The molecule has 96 valence electrons. The molecular weight excluding hydrogens is 229 g/mol. The van der Waals surface area contributed by atoms with Gasteiger partial charge in [-0.05, 0) is 44.2 Å². The van der Waals surface area contributed by atoms with Crippen molar-refractivity contribution in [3.8, 4) is 11.3 Å². The molecule has 1 heterocycles. The molecule has 18 heavy (non-hydrogen) atoms. The summed E-state index contributed by atoms with van der Waals surface area (Å²) in [6.07, 6.45) is 0.930. The first-order chi connectivity index (χ1) is 8.67. The summed E-state index contributed by atoms with van der Waals surface area (Å²) in [5, 5.41) is 3.17. The highest BCUT2D eigenvalue weighted by Gasteiger charge is 2.15. The summed E-state index contributed by atoms with van der Waals surface area (Å²) in [6.45, 7) is 3.84. The van der Waals surface area contributed by atoms with E-state index in [-0.39, 0.29) is 11.9 Å². The Labute approximate surface area is 107 Å². The first-order valence-electron chi connectivity index (χ1n) is 6.19. The molecule has 0 bridgehead atoms. The van der Waals surface area contributed by atoms with Gasteiger partial charge in [-0.15, -0.1) is 0 Å². The highest BCUT2D eigenvalue weighted by molar-refractivity contribution is 5.59. The van der Waals surface area contributed by atoms with Gasteiger partial charge < -0.3 is 9.73 Å². The Kier molecular flexibility index (Phi) is 3.82. The summed E-state index contributed by atoms with van der Waals surface area (Å²) in [7, 11) is 1.89. The summed E-state index contributed by atoms with van der Waals surface area (Å²) in [5.41, 5.74) is 1.15. The second-order valence-corrected chi connectivity index (χ2v) is 4.39. The van der Waals surface area contributed by atoms with Gasteiger partial charge in [-0.2, -0.15) is 0 Å². The zero-order valence-electron chi connectivity index (χ0n) is 11.0. The molecule has 1 N–H and O–H groups in total. The molecule has 0 fully saturated rings. The van der Waals surface area contributed by atoms with Crippen molar-refractivity contribution < 1.29 is 8.81 Å². The third kappa shape index (κ3) is 2.31. The molecule has 2 aromatic rings. The maximum atomic E-state index is 14.0. The van der Waals surface area contributed by atoms with Crippen LogP contribution in [0.25, 0.3) is 11.3 Å². The lowest BCUT2D eigenvalue weighted by Crippen LogP contribution is -2.14. The molecule has 0 saturated carbocycles. The van der Waals surface area contributed by atoms with Crippen LogP contribution in [0.4, 0.5) is 4.39 Å². The number of hydrogen-bond acceptors (Lipinski definition) is 2. The molecule has 1 unspecified atom stereocenters. The van der Waals surface area contributed by atoms with E-state index in [9.17, 15) is 4.39 Å². The first-order valence-corrected chi connectivity index (χ1v) is 6.19. The Morgan fingerprint density at radius 2 is 2.06 bits per heavy atom. The average Bonchev–Trinajstić information content (AvgIpc) is 2.84. The van der Waals surface area contributed by atoms with Crippen LogP contribution in [0.5, 0.6) is 0 Å². The van der Waals surface area contributed by atoms with E-state index in [1.165, 1.54) is 0 Å². The predicted octanol–water partition coefficient (Wildman–Crippen LogP) is 4.06. The standard InChI is InChI=1S/C15H18FNO/c1-4-12(17-3)14-9-8-13(18-14)11-7-5-6-10(2)15(11)16/h5-9,12,17H,4H2,1-3H3. The lowest BCUT2D eigenvalue weighted by molar-refractivity contribution is 0.430. The summed E-state index contributed by atoms with van der Waals surface area (Å²) < 4.78 is 19.7. The number of furan rings is 1. The van der Waals surface area contributed by atoms with Gasteiger partial charge in [0.15, 0.2) is 0 Å². The number of nitrogens with one attached hydrogen (secondary N) is 1. The summed E-state index contributed by atoms with van der Waals surface area (Å²) in [5.74, 6) is 1.21. The fourth-order valence-corrected chi connectivity index (χ4v) is 2.07. The number of rotatable bonds is 4. The normalized spacial score (nSPS) is 12.7. The molecule has 1 aromatic carbocycles. The van der Waals surface area contributed by atoms with Crippen LogP contribution in [-0.2, 0) is 0 Å². The molecule has 0 aliphatic carbocycles. The van der Waals surface area contributed by atoms with Crippen molar-refractivity contribution in [2.75, 3.05) is 7.05 Å². The van der Waals surface area contributed by atoms with Crippen LogP contribution in [0.15, 0.2) is 34.7 Å². The second kappa shape index (κ2) is 5.36. The lowest BCUT2D eigenvalue weighted by Gasteiger charge is -2.10. The molecule has 1 aromatic heterocycles. The van der Waals surface area contributed by atoms with E-state index in [1.807, 2.05) is 25.2 Å². The SMILES string of the molecule is CCC(NC)c1ccc(-c2cccc(C)c2F)o1. The van der Waals surface area contributed by atoms with Crippen molar-refractivity contribution in [1.82, 2.24) is 5.32 Å². The van der Waals surface area contributed by atoms with Gasteiger partial charge in [0.2, 0.25) is 0 Å². The lowest BCUT2D eigenvalue weighted by atomic mass is 10.1. The van der Waals surface area contributed by atoms with E-state index in [1.54, 1.807) is 19.1 Å². The molecule has 2 nitrogen and oxygen atoms in total. The molecule has 0 spiro atoms. The third-order valence-electron chi connectivity index (χ3n) is 3.18. The predicted molar refractivity (Wildman–Crippen MR) is 70.9 cm³/mol. The molecule has 3 heteroatoms. The van der Waals surface area contributed by atoms with Crippen LogP contribution >= 0.6 is 0 Å². The Morgan fingerprint density at radius 3 is 2.72 bits per heavy atom. The Morgan fingerprint density at radius 1 is 1.28 bits per heavy atom. The minimum Gasteiger partial charge on any atom is -0.459 e. The van der Waals surface area contributed by atoms with Gasteiger partial charge in [0.25, 0.3) is 0 Å². The van der Waals surface area contributed by atoms with Gasteiger partial charge in [0, 0.05) is 0 Å². The molecule has 2 rings (SSSR count). The Bertz CT molecular complexity index is 529. The number of hydrogen-bond donors (Lipinski definition) is 1. The van der Waals surface area contributed by atoms with Gasteiger partial charge in [0.1, 0.15) is 17.3 Å². The van der Waals surface area contributed by atoms with Crippen molar-refractivity contribution in [2.45, 2.75) is 26.3 Å². The Balaban J connectivity index is 2.38. The zero-order valence-corrected chi connectivity index (χ0v) is 11.0. The van der Waals surface area contributed by atoms with E-state index >= 15 is 0 Å². The number of halogens is 1. The quantitative estimate of drug-likeness (QED) is 0.881. The van der Waals surface area contributed by atoms with Crippen molar-refractivity contribution in [3.05, 3.63) is 47.5 Å². The smallest absolute Gasteiger partial charge is 0.137 e. The van der Waals surface area contributed by atoms with Crippen molar-refractivity contribution in [3.63, 3.8) is 0 Å². The van der Waals surface area contributed by atoms with Crippen LogP contribution in [-0.4, -0.2) is 7.05 Å². The molecule has 0 amide bonds. The summed E-state index contributed by atoms with van der Waals surface area (Å²) in [6, 6.07) is 9.24. The van der Waals surface area contributed by atoms with E-state index in [4.69, 9.17) is 4.42 Å². The van der Waals surface area contributed by atoms with Crippen molar-refractivity contribution in [2.24, 2.45) is 0 Å². The fourth-order valence-electron chi connectivity index (χ4n) is 2.07. The molecule has 0 aliphatic rings. The van der Waals surface area contributed by atoms with E-state index < -0.39 is 0 Å². The van der Waals surface area contributed by atoms with E-state index in [0.29, 0.717) is 16.9 Å². The highest BCUT2D eigenvalue weighted by atomic mass is 19.1. The van der Waals surface area contributed by atoms with E-state index in [0.717, 1.165) is 12.2 Å². The first kappa shape index (κ1) is 12.8. The van der Waals surface area contributed by atoms with Gasteiger partial charge in [0.05, 0.1) is 11.6 Å². The minimum absolute atomic E-state index is 0.173. The van der Waals surface area contributed by atoms with Crippen molar-refractivity contribution in [1.29, 1.82) is 0 Å². The molecule has 1 atom stereocenters. The number of benzene rings is 1. The summed E-state index contributed by atoms with van der Waals surface area (Å²) in [4.78, 5) is 0. The minimum atomic E-state index is -0.212. The third-order valence-corrected chi connectivity index (χ3v) is 3.18. The maximum Gasteiger partial charge on any atom is 0.137 e. The van der Waals surface area contributed by atoms with Gasteiger partial charge in [-0.1, -0.05) is 19.1 Å². The monoisotopic (exact) mass is 247 g/mol. The van der Waals surface area contributed by atoms with Gasteiger partial charge in [-0.25, -0.2) is 4.39 Å². The average molecular weight is 247 g/mol. The van der Waals surface area contributed by atoms with E-state index in [2.05, 4.69) is 12.2 Å². The maximum absolute atomic E-state index is 14.0. The zero-order chi connectivity index (χ0) is 13.1. The highest BCUT2D eigenvalue weighted by Crippen LogP contribution is 2.29. The van der Waals surface area contributed by atoms with Crippen LogP contribution in [0, 0.1) is 12.7 Å². The largest absolute Gasteiger partial charge is 0.459 e. The van der Waals surface area contributed by atoms with Crippen LogP contribution in [0.1, 0.15) is 30.7 Å². The number of aryl methyl sites for hydroxylation is 1. The van der Waals surface area contributed by atoms with Crippen LogP contribution in [0.3, 0.4) is 0 Å².